The van der Waals surface area contributed by atoms with E-state index in [4.69, 9.17) is 0 Å². The number of nitrogens with zero attached hydrogens (tertiary/aromatic N) is 3. The normalized spacial score (nSPS) is 10.9. The number of benzene rings is 1. The molecule has 1 heterocycles. The lowest BCUT2D eigenvalue weighted by molar-refractivity contribution is -0.384. The fraction of sp³-hybridized carbons (Fsp3) is 0.308. The minimum absolute atomic E-state index is 0.0500. The molecule has 0 aliphatic heterocycles. The number of hydrogen-bond acceptors (Lipinski definition) is 4. The zero-order chi connectivity index (χ0) is 13.8. The molecule has 0 unspecified atom stereocenters. The van der Waals surface area contributed by atoms with Crippen LogP contribution >= 0.6 is 0 Å². The van der Waals surface area contributed by atoms with E-state index in [2.05, 4.69) is 24.3 Å². The van der Waals surface area contributed by atoms with Gasteiger partial charge in [0.05, 0.1) is 11.1 Å². The summed E-state index contributed by atoms with van der Waals surface area (Å²) in [5.41, 5.74) is 1.52. The van der Waals surface area contributed by atoms with Gasteiger partial charge in [-0.25, -0.2) is 4.68 Å². The number of para-hydroxylation sites is 2. The smallest absolute Gasteiger partial charge is 0.294 e. The summed E-state index contributed by atoms with van der Waals surface area (Å²) in [7, 11) is 0. The van der Waals surface area contributed by atoms with Gasteiger partial charge in [-0.15, -0.1) is 0 Å². The monoisotopic (exact) mass is 260 g/mol. The Labute approximate surface area is 111 Å². The summed E-state index contributed by atoms with van der Waals surface area (Å²) in [5.74, 6) is 0. The van der Waals surface area contributed by atoms with Crippen LogP contribution in [0.15, 0.2) is 36.7 Å². The van der Waals surface area contributed by atoms with Gasteiger partial charge in [-0.2, -0.15) is 5.10 Å². The molecule has 1 aromatic heterocycles. The van der Waals surface area contributed by atoms with E-state index in [9.17, 15) is 10.1 Å². The number of nitro groups is 1. The minimum Gasteiger partial charge on any atom is -0.310 e. The van der Waals surface area contributed by atoms with Crippen molar-refractivity contribution in [2.45, 2.75) is 26.4 Å². The van der Waals surface area contributed by atoms with E-state index in [-0.39, 0.29) is 5.69 Å². The molecule has 2 aromatic rings. The molecule has 0 atom stereocenters. The average Bonchev–Trinajstić information content (AvgIpc) is 2.85. The minimum atomic E-state index is -0.400. The largest absolute Gasteiger partial charge is 0.310 e. The van der Waals surface area contributed by atoms with Gasteiger partial charge < -0.3 is 5.32 Å². The molecule has 6 heteroatoms. The number of nitro benzene ring substituents is 1. The van der Waals surface area contributed by atoms with E-state index < -0.39 is 4.92 Å². The maximum Gasteiger partial charge on any atom is 0.294 e. The van der Waals surface area contributed by atoms with Crippen molar-refractivity contribution < 1.29 is 4.92 Å². The van der Waals surface area contributed by atoms with Gasteiger partial charge in [0, 0.05) is 30.4 Å². The molecule has 0 saturated carbocycles. The molecule has 0 fully saturated rings. The fourth-order valence-electron chi connectivity index (χ4n) is 1.72. The van der Waals surface area contributed by atoms with Gasteiger partial charge in [0.25, 0.3) is 5.69 Å². The van der Waals surface area contributed by atoms with Gasteiger partial charge in [-0.3, -0.25) is 10.1 Å². The van der Waals surface area contributed by atoms with Gasteiger partial charge in [-0.1, -0.05) is 26.0 Å². The van der Waals surface area contributed by atoms with E-state index in [1.807, 2.05) is 0 Å². The van der Waals surface area contributed by atoms with Crippen LogP contribution in [0.4, 0.5) is 5.69 Å². The summed E-state index contributed by atoms with van der Waals surface area (Å²) in [6.07, 6.45) is 3.52. The standard InChI is InChI=1S/C13H16N4O2/c1-10(2)14-7-11-8-15-16(9-11)12-5-3-4-6-13(12)17(18)19/h3-6,8-10,14H,7H2,1-2H3. The molecule has 2 rings (SSSR count). The van der Waals surface area contributed by atoms with Crippen molar-refractivity contribution in [2.75, 3.05) is 0 Å². The van der Waals surface area contributed by atoms with Crippen molar-refractivity contribution >= 4 is 5.69 Å². The molecule has 19 heavy (non-hydrogen) atoms. The van der Waals surface area contributed by atoms with Crippen molar-refractivity contribution in [1.29, 1.82) is 0 Å². The summed E-state index contributed by atoms with van der Waals surface area (Å²) >= 11 is 0. The molecule has 0 bridgehead atoms. The Bertz CT molecular complexity index is 578. The van der Waals surface area contributed by atoms with Crippen molar-refractivity contribution in [1.82, 2.24) is 15.1 Å². The van der Waals surface area contributed by atoms with E-state index in [0.717, 1.165) is 5.56 Å². The second-order valence-electron chi connectivity index (χ2n) is 4.57. The molecule has 0 spiro atoms. The van der Waals surface area contributed by atoms with Crippen LogP contribution < -0.4 is 5.32 Å². The Hall–Kier alpha value is -2.21. The van der Waals surface area contributed by atoms with Gasteiger partial charge in [0.1, 0.15) is 5.69 Å². The van der Waals surface area contributed by atoms with Crippen LogP contribution in [0.1, 0.15) is 19.4 Å². The molecule has 0 radical (unpaired) electrons. The predicted octanol–water partition coefficient (Wildman–Crippen LogP) is 2.28. The highest BCUT2D eigenvalue weighted by Gasteiger charge is 2.14. The molecule has 100 valence electrons. The highest BCUT2D eigenvalue weighted by molar-refractivity contribution is 5.51. The number of hydrogen-bond donors (Lipinski definition) is 1. The van der Waals surface area contributed by atoms with Crippen LogP contribution in [0, 0.1) is 10.1 Å². The molecular formula is C13H16N4O2. The molecule has 0 aliphatic carbocycles. The Kier molecular flexibility index (Phi) is 3.91. The van der Waals surface area contributed by atoms with Crippen LogP contribution in [0.3, 0.4) is 0 Å². The quantitative estimate of drug-likeness (QED) is 0.661. The third-order valence-corrected chi connectivity index (χ3v) is 2.68. The number of rotatable bonds is 5. The van der Waals surface area contributed by atoms with Crippen molar-refractivity contribution in [3.63, 3.8) is 0 Å². The maximum atomic E-state index is 11.0. The van der Waals surface area contributed by atoms with Crippen LogP contribution in [0.2, 0.25) is 0 Å². The summed E-state index contributed by atoms with van der Waals surface area (Å²) in [5, 5.41) is 18.4. The highest BCUT2D eigenvalue weighted by Crippen LogP contribution is 2.21. The lowest BCUT2D eigenvalue weighted by Crippen LogP contribution is -2.21. The first-order valence-electron chi connectivity index (χ1n) is 6.08. The Morgan fingerprint density at radius 3 is 2.84 bits per heavy atom. The van der Waals surface area contributed by atoms with Crippen LogP contribution in [0.5, 0.6) is 0 Å². The van der Waals surface area contributed by atoms with E-state index in [0.29, 0.717) is 18.3 Å². The lowest BCUT2D eigenvalue weighted by atomic mass is 10.2. The summed E-state index contributed by atoms with van der Waals surface area (Å²) in [6, 6.07) is 6.95. The van der Waals surface area contributed by atoms with Crippen LogP contribution in [0.25, 0.3) is 5.69 Å². The highest BCUT2D eigenvalue weighted by atomic mass is 16.6. The third kappa shape index (κ3) is 3.17. The lowest BCUT2D eigenvalue weighted by Gasteiger charge is -2.05. The molecule has 6 nitrogen and oxygen atoms in total. The van der Waals surface area contributed by atoms with Gasteiger partial charge in [0.15, 0.2) is 0 Å². The van der Waals surface area contributed by atoms with E-state index >= 15 is 0 Å². The van der Waals surface area contributed by atoms with Crippen molar-refractivity contribution in [2.24, 2.45) is 0 Å². The van der Waals surface area contributed by atoms with E-state index in [1.165, 1.54) is 10.7 Å². The molecular weight excluding hydrogens is 244 g/mol. The number of nitrogens with one attached hydrogen (secondary N) is 1. The van der Waals surface area contributed by atoms with Crippen molar-refractivity contribution in [3.8, 4) is 5.69 Å². The molecule has 1 N–H and O–H groups in total. The first-order valence-corrected chi connectivity index (χ1v) is 6.08. The molecule has 1 aromatic carbocycles. The Morgan fingerprint density at radius 1 is 1.42 bits per heavy atom. The Morgan fingerprint density at radius 2 is 2.16 bits per heavy atom. The molecule has 0 amide bonds. The zero-order valence-electron chi connectivity index (χ0n) is 10.9. The van der Waals surface area contributed by atoms with Crippen molar-refractivity contribution in [3.05, 3.63) is 52.3 Å². The SMILES string of the molecule is CC(C)NCc1cnn(-c2ccccc2[N+](=O)[O-])c1. The van der Waals surface area contributed by atoms with Gasteiger partial charge in [0.2, 0.25) is 0 Å². The third-order valence-electron chi connectivity index (χ3n) is 2.68. The maximum absolute atomic E-state index is 11.0. The zero-order valence-corrected chi connectivity index (χ0v) is 10.9. The first-order chi connectivity index (χ1) is 9.08. The molecule has 0 saturated heterocycles. The summed E-state index contributed by atoms with van der Waals surface area (Å²) in [4.78, 5) is 10.6. The fourth-order valence-corrected chi connectivity index (χ4v) is 1.72. The summed E-state index contributed by atoms with van der Waals surface area (Å²) in [6.45, 7) is 4.82. The second kappa shape index (κ2) is 5.62. The van der Waals surface area contributed by atoms with Crippen LogP contribution in [-0.4, -0.2) is 20.7 Å². The number of aromatic nitrogens is 2. The second-order valence-corrected chi connectivity index (χ2v) is 4.57. The average molecular weight is 260 g/mol. The predicted molar refractivity (Wildman–Crippen MR) is 72.2 cm³/mol. The van der Waals surface area contributed by atoms with Gasteiger partial charge in [-0.05, 0) is 6.07 Å². The Balaban J connectivity index is 2.25. The topological polar surface area (TPSA) is 73.0 Å². The van der Waals surface area contributed by atoms with E-state index in [1.54, 1.807) is 30.6 Å². The first kappa shape index (κ1) is 13.2. The molecule has 0 aliphatic rings. The van der Waals surface area contributed by atoms with Gasteiger partial charge >= 0.3 is 0 Å². The van der Waals surface area contributed by atoms with Crippen LogP contribution in [-0.2, 0) is 6.54 Å². The summed E-state index contributed by atoms with van der Waals surface area (Å²) < 4.78 is 1.54.